The Balaban J connectivity index is 2.02. The molecule has 0 saturated heterocycles. The highest BCUT2D eigenvalue weighted by atomic mass is 16.4. The molecule has 1 aromatic heterocycles. The van der Waals surface area contributed by atoms with E-state index >= 15 is 0 Å². The minimum Gasteiger partial charge on any atom is -0.478 e. The van der Waals surface area contributed by atoms with Crippen molar-refractivity contribution in [3.8, 4) is 0 Å². The average Bonchev–Trinajstić information content (AvgIpc) is 2.41. The number of hydrogen-bond donors (Lipinski definition) is 3. The maximum Gasteiger partial charge on any atom is 0.337 e. The molecule has 1 aromatic carbocycles. The molecule has 4 N–H and O–H groups in total. The van der Waals surface area contributed by atoms with E-state index in [1.54, 1.807) is 24.5 Å². The van der Waals surface area contributed by atoms with E-state index in [2.05, 4.69) is 10.3 Å². The number of aromatic carboxylic acids is 1. The van der Waals surface area contributed by atoms with Gasteiger partial charge in [0.15, 0.2) is 0 Å². The minimum atomic E-state index is -0.987. The van der Waals surface area contributed by atoms with Gasteiger partial charge in [0, 0.05) is 30.3 Å². The fourth-order valence-corrected chi connectivity index (χ4v) is 1.78. The first-order chi connectivity index (χ1) is 9.16. The van der Waals surface area contributed by atoms with Gasteiger partial charge < -0.3 is 16.2 Å². The molecule has 98 valence electrons. The second-order valence-electron chi connectivity index (χ2n) is 4.14. The van der Waals surface area contributed by atoms with Gasteiger partial charge in [-0.25, -0.2) is 4.79 Å². The van der Waals surface area contributed by atoms with Crippen LogP contribution in [-0.4, -0.2) is 22.6 Å². The van der Waals surface area contributed by atoms with Crippen LogP contribution in [0, 0.1) is 0 Å². The maximum absolute atomic E-state index is 11.1. The van der Waals surface area contributed by atoms with Gasteiger partial charge >= 0.3 is 5.97 Å². The molecule has 0 unspecified atom stereocenters. The summed E-state index contributed by atoms with van der Waals surface area (Å²) in [5.41, 5.74) is 7.95. The molecule has 5 nitrogen and oxygen atoms in total. The van der Waals surface area contributed by atoms with E-state index in [1.807, 2.05) is 12.1 Å². The highest BCUT2D eigenvalue weighted by Gasteiger charge is 2.09. The third kappa shape index (κ3) is 3.45. The summed E-state index contributed by atoms with van der Waals surface area (Å²) >= 11 is 0. The third-order valence-electron chi connectivity index (χ3n) is 2.75. The van der Waals surface area contributed by atoms with Crippen LogP contribution in [0.15, 0.2) is 42.7 Å². The highest BCUT2D eigenvalue weighted by Crippen LogP contribution is 2.18. The second kappa shape index (κ2) is 5.86. The minimum absolute atomic E-state index is 0.190. The lowest BCUT2D eigenvalue weighted by molar-refractivity contribution is 0.0698. The van der Waals surface area contributed by atoms with Gasteiger partial charge in [-0.05, 0) is 42.3 Å². The predicted molar refractivity (Wildman–Crippen MR) is 74.2 cm³/mol. The number of carboxylic acid groups (broad SMARTS) is 1. The van der Waals surface area contributed by atoms with Crippen LogP contribution in [0.1, 0.15) is 15.9 Å². The highest BCUT2D eigenvalue weighted by molar-refractivity contribution is 5.95. The molecule has 0 saturated carbocycles. The Morgan fingerprint density at radius 2 is 2.00 bits per heavy atom. The van der Waals surface area contributed by atoms with E-state index < -0.39 is 5.97 Å². The number of hydrogen-bond acceptors (Lipinski definition) is 4. The summed E-state index contributed by atoms with van der Waals surface area (Å²) in [5, 5.41) is 12.2. The molecule has 0 aliphatic rings. The Morgan fingerprint density at radius 3 is 2.68 bits per heavy atom. The molecule has 0 aliphatic heterocycles. The summed E-state index contributed by atoms with van der Waals surface area (Å²) in [6.07, 6.45) is 4.27. The molecule has 2 aromatic rings. The molecule has 0 amide bonds. The first-order valence-electron chi connectivity index (χ1n) is 5.92. The Hall–Kier alpha value is -2.56. The number of aromatic nitrogens is 1. The number of nitrogens with zero attached hydrogens (tertiary/aromatic N) is 1. The van der Waals surface area contributed by atoms with Crippen LogP contribution in [0.4, 0.5) is 11.4 Å². The molecular formula is C14H15N3O2. The summed E-state index contributed by atoms with van der Waals surface area (Å²) in [7, 11) is 0. The van der Waals surface area contributed by atoms with Crippen LogP contribution in [0.2, 0.25) is 0 Å². The van der Waals surface area contributed by atoms with Crippen molar-refractivity contribution in [2.45, 2.75) is 6.42 Å². The lowest BCUT2D eigenvalue weighted by Gasteiger charge is -2.10. The van der Waals surface area contributed by atoms with Gasteiger partial charge in [0.25, 0.3) is 0 Å². The molecule has 0 radical (unpaired) electrons. The van der Waals surface area contributed by atoms with E-state index in [1.165, 1.54) is 6.07 Å². The molecule has 0 fully saturated rings. The number of benzene rings is 1. The summed E-state index contributed by atoms with van der Waals surface area (Å²) in [6.45, 7) is 0.647. The number of nitrogens with one attached hydrogen (secondary N) is 1. The first kappa shape index (κ1) is 12.9. The third-order valence-corrected chi connectivity index (χ3v) is 2.75. The van der Waals surface area contributed by atoms with E-state index in [0.29, 0.717) is 17.9 Å². The lowest BCUT2D eigenvalue weighted by atomic mass is 10.1. The Kier molecular flexibility index (Phi) is 3.97. The van der Waals surface area contributed by atoms with Gasteiger partial charge in [-0.2, -0.15) is 0 Å². The molecule has 2 rings (SSSR count). The largest absolute Gasteiger partial charge is 0.478 e. The molecule has 0 spiro atoms. The van der Waals surface area contributed by atoms with Crippen molar-refractivity contribution >= 4 is 17.3 Å². The summed E-state index contributed by atoms with van der Waals surface area (Å²) < 4.78 is 0. The summed E-state index contributed by atoms with van der Waals surface area (Å²) in [6, 6.07) is 8.69. The zero-order valence-corrected chi connectivity index (χ0v) is 10.3. The van der Waals surface area contributed by atoms with Gasteiger partial charge in [0.05, 0.1) is 5.56 Å². The van der Waals surface area contributed by atoms with Gasteiger partial charge in [-0.15, -0.1) is 0 Å². The normalized spacial score (nSPS) is 10.1. The standard InChI is InChI=1S/C14H15N3O2/c15-11-1-2-13(12(9-11)14(18)19)17-8-5-10-3-6-16-7-4-10/h1-4,6-7,9,17H,5,8,15H2,(H,18,19). The van der Waals surface area contributed by atoms with Crippen LogP contribution in [-0.2, 0) is 6.42 Å². The molecule has 5 heteroatoms. The first-order valence-corrected chi connectivity index (χ1v) is 5.92. The van der Waals surface area contributed by atoms with Crippen LogP contribution in [0.25, 0.3) is 0 Å². The number of pyridine rings is 1. The van der Waals surface area contributed by atoms with Crippen LogP contribution < -0.4 is 11.1 Å². The second-order valence-corrected chi connectivity index (χ2v) is 4.14. The molecule has 0 aliphatic carbocycles. The van der Waals surface area contributed by atoms with Crippen LogP contribution in [0.3, 0.4) is 0 Å². The van der Waals surface area contributed by atoms with E-state index in [9.17, 15) is 4.79 Å². The summed E-state index contributed by atoms with van der Waals surface area (Å²) in [5.74, 6) is -0.987. The number of anilines is 2. The number of nitrogen functional groups attached to an aromatic ring is 1. The van der Waals surface area contributed by atoms with Crippen molar-refractivity contribution in [2.75, 3.05) is 17.6 Å². The number of carboxylic acids is 1. The van der Waals surface area contributed by atoms with Crippen molar-refractivity contribution < 1.29 is 9.90 Å². The molecule has 0 atom stereocenters. The topological polar surface area (TPSA) is 88.2 Å². The smallest absolute Gasteiger partial charge is 0.337 e. The Labute approximate surface area is 111 Å². The van der Waals surface area contributed by atoms with Crippen molar-refractivity contribution in [1.82, 2.24) is 4.98 Å². The summed E-state index contributed by atoms with van der Waals surface area (Å²) in [4.78, 5) is 15.0. The van der Waals surface area contributed by atoms with Gasteiger partial charge in [0.1, 0.15) is 0 Å². The zero-order chi connectivity index (χ0) is 13.7. The maximum atomic E-state index is 11.1. The molecule has 1 heterocycles. The molecule has 0 bridgehead atoms. The van der Waals surface area contributed by atoms with E-state index in [0.717, 1.165) is 12.0 Å². The molecular weight excluding hydrogens is 242 g/mol. The lowest BCUT2D eigenvalue weighted by Crippen LogP contribution is -2.10. The van der Waals surface area contributed by atoms with Gasteiger partial charge in [0.2, 0.25) is 0 Å². The van der Waals surface area contributed by atoms with Crippen LogP contribution >= 0.6 is 0 Å². The van der Waals surface area contributed by atoms with Crippen molar-refractivity contribution in [1.29, 1.82) is 0 Å². The van der Waals surface area contributed by atoms with Crippen molar-refractivity contribution in [3.05, 3.63) is 53.9 Å². The number of carbonyl (C=O) groups is 1. The fourth-order valence-electron chi connectivity index (χ4n) is 1.78. The quantitative estimate of drug-likeness (QED) is 0.713. The monoisotopic (exact) mass is 257 g/mol. The molecule has 19 heavy (non-hydrogen) atoms. The SMILES string of the molecule is Nc1ccc(NCCc2ccncc2)c(C(=O)O)c1. The van der Waals surface area contributed by atoms with E-state index in [4.69, 9.17) is 10.8 Å². The Bertz CT molecular complexity index is 570. The van der Waals surface area contributed by atoms with Crippen molar-refractivity contribution in [2.24, 2.45) is 0 Å². The zero-order valence-electron chi connectivity index (χ0n) is 10.3. The fraction of sp³-hybridized carbons (Fsp3) is 0.143. The average molecular weight is 257 g/mol. The van der Waals surface area contributed by atoms with Gasteiger partial charge in [-0.1, -0.05) is 0 Å². The van der Waals surface area contributed by atoms with E-state index in [-0.39, 0.29) is 5.56 Å². The van der Waals surface area contributed by atoms with Crippen LogP contribution in [0.5, 0.6) is 0 Å². The van der Waals surface area contributed by atoms with Crippen molar-refractivity contribution in [3.63, 3.8) is 0 Å². The predicted octanol–water partition coefficient (Wildman–Crippen LogP) is 2.02. The van der Waals surface area contributed by atoms with Gasteiger partial charge in [-0.3, -0.25) is 4.98 Å². The Morgan fingerprint density at radius 1 is 1.26 bits per heavy atom. The number of nitrogens with two attached hydrogens (primary N) is 1. The number of rotatable bonds is 5.